The van der Waals surface area contributed by atoms with E-state index in [0.717, 1.165) is 9.40 Å². The number of thiophene rings is 2. The number of anilines is 1. The van der Waals surface area contributed by atoms with Crippen LogP contribution in [-0.4, -0.2) is 11.0 Å². The van der Waals surface area contributed by atoms with Gasteiger partial charge in [-0.1, -0.05) is 6.07 Å². The fourth-order valence-electron chi connectivity index (χ4n) is 1.82. The molecule has 0 aliphatic heterocycles. The number of aromatic hydroxyl groups is 1. The summed E-state index contributed by atoms with van der Waals surface area (Å²) < 4.78 is 2.26. The Bertz CT molecular complexity index is 729. The third kappa shape index (κ3) is 2.22. The maximum absolute atomic E-state index is 12.2. The van der Waals surface area contributed by atoms with Crippen LogP contribution in [0.25, 0.3) is 9.40 Å². The van der Waals surface area contributed by atoms with Crippen molar-refractivity contribution in [1.82, 2.24) is 0 Å². The Hall–Kier alpha value is -1.85. The number of amides is 1. The van der Waals surface area contributed by atoms with Crippen molar-refractivity contribution >= 4 is 43.7 Å². The molecule has 3 rings (SSSR count). The predicted octanol–water partition coefficient (Wildman–Crippen LogP) is 4.23. The lowest BCUT2D eigenvalue weighted by Gasteiger charge is -2.08. The van der Waals surface area contributed by atoms with Crippen LogP contribution in [0.3, 0.4) is 0 Å². The maximum atomic E-state index is 12.2. The van der Waals surface area contributed by atoms with E-state index in [1.807, 2.05) is 17.5 Å². The van der Waals surface area contributed by atoms with Crippen LogP contribution >= 0.6 is 22.7 Å². The Morgan fingerprint density at radius 1 is 1.26 bits per heavy atom. The van der Waals surface area contributed by atoms with Gasteiger partial charge in [0.05, 0.1) is 4.88 Å². The van der Waals surface area contributed by atoms with Gasteiger partial charge in [-0.3, -0.25) is 4.79 Å². The van der Waals surface area contributed by atoms with Crippen molar-refractivity contribution in [2.24, 2.45) is 0 Å². The first-order valence-electron chi connectivity index (χ1n) is 5.72. The molecule has 0 radical (unpaired) electrons. The van der Waals surface area contributed by atoms with E-state index in [0.29, 0.717) is 16.1 Å². The van der Waals surface area contributed by atoms with E-state index in [1.54, 1.807) is 36.5 Å². The summed E-state index contributed by atoms with van der Waals surface area (Å²) in [5.41, 5.74) is 1.32. The molecular weight excluding hydrogens is 278 g/mol. The minimum atomic E-state index is -0.137. The minimum Gasteiger partial charge on any atom is -0.508 e. The summed E-state index contributed by atoms with van der Waals surface area (Å²) in [4.78, 5) is 12.9. The van der Waals surface area contributed by atoms with E-state index in [2.05, 4.69) is 5.32 Å². The molecule has 3 aromatic rings. The summed E-state index contributed by atoms with van der Waals surface area (Å²) in [5, 5.41) is 14.5. The van der Waals surface area contributed by atoms with Gasteiger partial charge in [0.15, 0.2) is 0 Å². The number of carbonyl (C=O) groups is 1. The Morgan fingerprint density at radius 2 is 2.11 bits per heavy atom. The Labute approximate surface area is 118 Å². The zero-order valence-electron chi connectivity index (χ0n) is 10.1. The van der Waals surface area contributed by atoms with Crippen molar-refractivity contribution in [2.45, 2.75) is 6.92 Å². The van der Waals surface area contributed by atoms with Crippen molar-refractivity contribution in [3.63, 3.8) is 0 Å². The first kappa shape index (κ1) is 12.2. The lowest BCUT2D eigenvalue weighted by molar-refractivity contribution is 0.103. The summed E-state index contributed by atoms with van der Waals surface area (Å²) in [6.07, 6.45) is 0. The van der Waals surface area contributed by atoms with Crippen molar-refractivity contribution in [3.05, 3.63) is 46.2 Å². The lowest BCUT2D eigenvalue weighted by atomic mass is 10.2. The van der Waals surface area contributed by atoms with Crippen LogP contribution in [0.2, 0.25) is 0 Å². The second-order valence-electron chi connectivity index (χ2n) is 4.16. The second kappa shape index (κ2) is 4.68. The normalized spacial score (nSPS) is 10.8. The van der Waals surface area contributed by atoms with Gasteiger partial charge in [0.2, 0.25) is 0 Å². The number of rotatable bonds is 2. The Kier molecular flexibility index (Phi) is 3.00. The van der Waals surface area contributed by atoms with Gasteiger partial charge in [-0.2, -0.15) is 0 Å². The summed E-state index contributed by atoms with van der Waals surface area (Å²) in [5.74, 6) is 0.0482. The van der Waals surface area contributed by atoms with E-state index < -0.39 is 0 Å². The average molecular weight is 289 g/mol. The van der Waals surface area contributed by atoms with Crippen LogP contribution in [0.15, 0.2) is 35.7 Å². The first-order valence-corrected chi connectivity index (χ1v) is 7.42. The van der Waals surface area contributed by atoms with Crippen LogP contribution < -0.4 is 5.32 Å². The summed E-state index contributed by atoms with van der Waals surface area (Å²) in [6, 6.07) is 9.01. The highest BCUT2D eigenvalue weighted by molar-refractivity contribution is 7.27. The fraction of sp³-hybridized carbons (Fsp3) is 0.0714. The van der Waals surface area contributed by atoms with E-state index in [4.69, 9.17) is 0 Å². The van der Waals surface area contributed by atoms with Gasteiger partial charge in [-0.25, -0.2) is 0 Å². The molecule has 96 valence electrons. The summed E-state index contributed by atoms with van der Waals surface area (Å²) >= 11 is 3.11. The molecule has 1 aromatic carbocycles. The molecule has 0 aliphatic rings. The van der Waals surface area contributed by atoms with Crippen LogP contribution in [0.5, 0.6) is 5.75 Å². The largest absolute Gasteiger partial charge is 0.508 e. The van der Waals surface area contributed by atoms with Gasteiger partial charge in [-0.15, -0.1) is 22.7 Å². The fourth-order valence-corrected chi connectivity index (χ4v) is 3.82. The van der Waals surface area contributed by atoms with E-state index >= 15 is 0 Å². The molecule has 0 atom stereocenters. The van der Waals surface area contributed by atoms with Gasteiger partial charge in [-0.05, 0) is 36.6 Å². The molecule has 0 fully saturated rings. The molecule has 2 aromatic heterocycles. The number of fused-ring (bicyclic) bond motifs is 1. The third-order valence-corrected chi connectivity index (χ3v) is 5.01. The van der Waals surface area contributed by atoms with Crippen LogP contribution in [-0.2, 0) is 0 Å². The predicted molar refractivity (Wildman–Crippen MR) is 80.5 cm³/mol. The van der Waals surface area contributed by atoms with Crippen LogP contribution in [0.1, 0.15) is 15.2 Å². The highest BCUT2D eigenvalue weighted by atomic mass is 32.1. The second-order valence-corrected chi connectivity index (χ2v) is 6.20. The standard InChI is InChI=1S/C14H11NO2S2/c1-8-9(3-2-4-10(8)16)15-14(17)13-7-12-11(19-13)5-6-18-12/h2-7,16H,1H3,(H,15,17). The minimum absolute atomic E-state index is 0.137. The molecule has 1 amide bonds. The van der Waals surface area contributed by atoms with Gasteiger partial charge in [0.25, 0.3) is 5.91 Å². The van der Waals surface area contributed by atoms with Crippen molar-refractivity contribution in [3.8, 4) is 5.75 Å². The Balaban J connectivity index is 1.89. The van der Waals surface area contributed by atoms with Crippen LogP contribution in [0.4, 0.5) is 5.69 Å². The Morgan fingerprint density at radius 3 is 2.89 bits per heavy atom. The molecule has 2 N–H and O–H groups in total. The molecule has 0 spiro atoms. The van der Waals surface area contributed by atoms with E-state index in [-0.39, 0.29) is 11.7 Å². The van der Waals surface area contributed by atoms with E-state index in [9.17, 15) is 9.90 Å². The van der Waals surface area contributed by atoms with Gasteiger partial charge >= 0.3 is 0 Å². The summed E-state index contributed by atoms with van der Waals surface area (Å²) in [6.45, 7) is 1.78. The highest BCUT2D eigenvalue weighted by Crippen LogP contribution is 2.31. The quantitative estimate of drug-likeness (QED) is 0.741. The van der Waals surface area contributed by atoms with Crippen LogP contribution in [0, 0.1) is 6.92 Å². The SMILES string of the molecule is Cc1c(O)cccc1NC(=O)c1cc2sccc2s1. The first-order chi connectivity index (χ1) is 9.15. The van der Waals surface area contributed by atoms with Gasteiger partial charge in [0, 0.05) is 20.7 Å². The molecule has 3 nitrogen and oxygen atoms in total. The third-order valence-electron chi connectivity index (χ3n) is 2.92. The summed E-state index contributed by atoms with van der Waals surface area (Å²) in [7, 11) is 0. The molecule has 0 aliphatic carbocycles. The number of phenolic OH excluding ortho intramolecular Hbond substituents is 1. The number of benzene rings is 1. The number of hydrogen-bond donors (Lipinski definition) is 2. The molecule has 19 heavy (non-hydrogen) atoms. The van der Waals surface area contributed by atoms with Gasteiger partial charge < -0.3 is 10.4 Å². The lowest BCUT2D eigenvalue weighted by Crippen LogP contribution is -2.10. The number of hydrogen-bond acceptors (Lipinski definition) is 4. The topological polar surface area (TPSA) is 49.3 Å². The molecule has 5 heteroatoms. The zero-order chi connectivity index (χ0) is 13.4. The number of phenols is 1. The number of carbonyl (C=O) groups excluding carboxylic acids is 1. The van der Waals surface area contributed by atoms with Crippen molar-refractivity contribution in [2.75, 3.05) is 5.32 Å². The zero-order valence-corrected chi connectivity index (χ0v) is 11.8. The maximum Gasteiger partial charge on any atom is 0.265 e. The van der Waals surface area contributed by atoms with Crippen molar-refractivity contribution < 1.29 is 9.90 Å². The molecule has 0 saturated carbocycles. The number of nitrogens with one attached hydrogen (secondary N) is 1. The highest BCUT2D eigenvalue weighted by Gasteiger charge is 2.13. The molecule has 0 saturated heterocycles. The van der Waals surface area contributed by atoms with Crippen molar-refractivity contribution in [1.29, 1.82) is 0 Å². The molecule has 0 unspecified atom stereocenters. The van der Waals surface area contributed by atoms with E-state index in [1.165, 1.54) is 11.3 Å². The average Bonchev–Trinajstić information content (AvgIpc) is 2.95. The smallest absolute Gasteiger partial charge is 0.265 e. The van der Waals surface area contributed by atoms with Gasteiger partial charge in [0.1, 0.15) is 5.75 Å². The monoisotopic (exact) mass is 289 g/mol. The molecule has 2 heterocycles. The molecular formula is C14H11NO2S2. The molecule has 0 bridgehead atoms.